The van der Waals surface area contributed by atoms with Crippen molar-refractivity contribution in [2.24, 2.45) is 0 Å². The van der Waals surface area contributed by atoms with Gasteiger partial charge in [0.05, 0.1) is 26.4 Å². The second-order valence-electron chi connectivity index (χ2n) is 6.71. The van der Waals surface area contributed by atoms with Crippen molar-refractivity contribution < 1.29 is 18.7 Å². The van der Waals surface area contributed by atoms with Crippen molar-refractivity contribution in [3.63, 3.8) is 0 Å². The van der Waals surface area contributed by atoms with Gasteiger partial charge in [0.2, 0.25) is 0 Å². The average Bonchev–Trinajstić information content (AvgIpc) is 2.64. The predicted molar refractivity (Wildman–Crippen MR) is 101 cm³/mol. The summed E-state index contributed by atoms with van der Waals surface area (Å²) in [6, 6.07) is 9.33. The molecule has 0 N–H and O–H groups in total. The number of hydrogen-bond donors (Lipinski definition) is 0. The van der Waals surface area contributed by atoms with E-state index in [4.69, 9.17) is 9.47 Å². The third kappa shape index (κ3) is 3.41. The number of pyridine rings is 2. The van der Waals surface area contributed by atoms with Gasteiger partial charge in [0, 0.05) is 17.5 Å². The van der Waals surface area contributed by atoms with Crippen molar-refractivity contribution in [1.82, 2.24) is 9.55 Å². The van der Waals surface area contributed by atoms with Gasteiger partial charge in [0.25, 0.3) is 5.56 Å². The third-order valence-corrected chi connectivity index (χ3v) is 4.81. The molecule has 4 rings (SSSR count). The Morgan fingerprint density at radius 1 is 1.29 bits per heavy atom. The zero-order valence-corrected chi connectivity index (χ0v) is 15.4. The van der Waals surface area contributed by atoms with E-state index in [2.05, 4.69) is 4.98 Å². The fraction of sp³-hybridized carbons (Fsp3) is 0.286. The highest BCUT2D eigenvalue weighted by Crippen LogP contribution is 2.26. The fourth-order valence-electron chi connectivity index (χ4n) is 3.21. The maximum Gasteiger partial charge on any atom is 0.343 e. The molecule has 0 spiro atoms. The second kappa shape index (κ2) is 7.52. The Balaban J connectivity index is 1.86. The molecule has 0 saturated carbocycles. The molecule has 0 atom stereocenters. The Labute approximate surface area is 160 Å². The normalized spacial score (nSPS) is 14.1. The van der Waals surface area contributed by atoms with Crippen LogP contribution in [0.1, 0.15) is 34.3 Å². The van der Waals surface area contributed by atoms with Crippen molar-refractivity contribution in [2.45, 2.75) is 19.4 Å². The highest BCUT2D eigenvalue weighted by Gasteiger charge is 2.23. The molecule has 1 fully saturated rings. The van der Waals surface area contributed by atoms with Crippen molar-refractivity contribution >= 4 is 17.0 Å². The molecule has 3 heterocycles. The zero-order valence-electron chi connectivity index (χ0n) is 15.4. The summed E-state index contributed by atoms with van der Waals surface area (Å²) < 4.78 is 24.9. The molecule has 28 heavy (non-hydrogen) atoms. The molecule has 0 unspecified atom stereocenters. The molecule has 2 aromatic heterocycles. The molecule has 0 radical (unpaired) electrons. The molecule has 1 aromatic carbocycles. The molecule has 1 aliphatic rings. The van der Waals surface area contributed by atoms with Gasteiger partial charge in [-0.15, -0.1) is 0 Å². The number of fused-ring (bicyclic) bond motifs is 1. The van der Waals surface area contributed by atoms with Gasteiger partial charge in [-0.3, -0.25) is 9.36 Å². The van der Waals surface area contributed by atoms with Crippen molar-refractivity contribution in [3.8, 4) is 0 Å². The van der Waals surface area contributed by atoms with Crippen LogP contribution in [0.2, 0.25) is 0 Å². The molecule has 1 saturated heterocycles. The third-order valence-electron chi connectivity index (χ3n) is 4.81. The summed E-state index contributed by atoms with van der Waals surface area (Å²) in [4.78, 5) is 29.8. The van der Waals surface area contributed by atoms with Crippen LogP contribution in [0, 0.1) is 5.82 Å². The van der Waals surface area contributed by atoms with Crippen LogP contribution in [0.15, 0.2) is 47.4 Å². The minimum absolute atomic E-state index is 0.0414. The van der Waals surface area contributed by atoms with Crippen LogP contribution in [0.3, 0.4) is 0 Å². The van der Waals surface area contributed by atoms with Crippen LogP contribution in [0.25, 0.3) is 11.0 Å². The van der Waals surface area contributed by atoms with E-state index in [9.17, 15) is 14.0 Å². The first-order valence-corrected chi connectivity index (χ1v) is 9.09. The summed E-state index contributed by atoms with van der Waals surface area (Å²) in [5.41, 5.74) is 1.67. The number of aromatic nitrogens is 2. The molecular formula is C21H19FN2O4. The van der Waals surface area contributed by atoms with E-state index in [-0.39, 0.29) is 30.5 Å². The number of hydrogen-bond acceptors (Lipinski definition) is 5. The molecule has 1 aliphatic heterocycles. The zero-order chi connectivity index (χ0) is 19.7. The number of halogens is 1. The first-order chi connectivity index (χ1) is 13.6. The van der Waals surface area contributed by atoms with Crippen LogP contribution >= 0.6 is 0 Å². The van der Waals surface area contributed by atoms with E-state index in [1.807, 2.05) is 6.07 Å². The van der Waals surface area contributed by atoms with E-state index in [1.165, 1.54) is 22.8 Å². The van der Waals surface area contributed by atoms with Crippen LogP contribution < -0.4 is 5.56 Å². The summed E-state index contributed by atoms with van der Waals surface area (Å²) in [5.74, 6) is -0.758. The quantitative estimate of drug-likeness (QED) is 0.635. The van der Waals surface area contributed by atoms with Crippen LogP contribution in [0.4, 0.5) is 4.39 Å². The lowest BCUT2D eigenvalue weighted by atomic mass is 9.98. The maximum absolute atomic E-state index is 13.2. The maximum atomic E-state index is 13.2. The molecule has 144 valence electrons. The number of ether oxygens (including phenoxy) is 2. The topological polar surface area (TPSA) is 70.4 Å². The van der Waals surface area contributed by atoms with Crippen molar-refractivity contribution in [3.05, 3.63) is 75.5 Å². The Morgan fingerprint density at radius 3 is 2.68 bits per heavy atom. The number of carbonyl (C=O) groups is 1. The van der Waals surface area contributed by atoms with E-state index in [1.54, 1.807) is 25.3 Å². The number of carbonyl (C=O) groups excluding carboxylic acids is 1. The van der Waals surface area contributed by atoms with Gasteiger partial charge in [0.1, 0.15) is 17.0 Å². The number of rotatable bonds is 5. The summed E-state index contributed by atoms with van der Waals surface area (Å²) in [6.07, 6.45) is 1.74. The summed E-state index contributed by atoms with van der Waals surface area (Å²) in [6.45, 7) is 3.29. The molecule has 0 aliphatic carbocycles. The van der Waals surface area contributed by atoms with E-state index in [0.29, 0.717) is 24.2 Å². The van der Waals surface area contributed by atoms with Gasteiger partial charge in [-0.1, -0.05) is 12.1 Å². The van der Waals surface area contributed by atoms with E-state index in [0.717, 1.165) is 11.1 Å². The summed E-state index contributed by atoms with van der Waals surface area (Å²) in [5, 5.41) is 0.675. The van der Waals surface area contributed by atoms with Crippen LogP contribution in [-0.4, -0.2) is 35.3 Å². The lowest BCUT2D eigenvalue weighted by molar-refractivity contribution is 0.00834. The van der Waals surface area contributed by atoms with Crippen molar-refractivity contribution in [2.75, 3.05) is 19.8 Å². The van der Waals surface area contributed by atoms with E-state index < -0.39 is 11.5 Å². The molecule has 7 heteroatoms. The predicted octanol–water partition coefficient (Wildman–Crippen LogP) is 2.87. The Morgan fingerprint density at radius 2 is 2.04 bits per heavy atom. The highest BCUT2D eigenvalue weighted by molar-refractivity contribution is 5.93. The van der Waals surface area contributed by atoms with E-state index >= 15 is 0 Å². The first-order valence-electron chi connectivity index (χ1n) is 9.09. The number of esters is 1. The molecule has 3 aromatic rings. The van der Waals surface area contributed by atoms with Gasteiger partial charge < -0.3 is 9.47 Å². The second-order valence-corrected chi connectivity index (χ2v) is 6.71. The standard InChI is InChI=1S/C21H19FN2O4/c1-2-28-21(26)18-8-14-7-15(16-11-27-12-16)9-23-19(14)24(20(18)25)10-13-3-5-17(22)6-4-13/h3-9,16H,2,10-12H2,1H3. The lowest BCUT2D eigenvalue weighted by Crippen LogP contribution is -2.29. The monoisotopic (exact) mass is 382 g/mol. The SMILES string of the molecule is CCOC(=O)c1cc2cc(C3COC3)cnc2n(Cc2ccc(F)cc2)c1=O. The molecular weight excluding hydrogens is 363 g/mol. The number of nitrogens with zero attached hydrogens (tertiary/aromatic N) is 2. The highest BCUT2D eigenvalue weighted by atomic mass is 19.1. The largest absolute Gasteiger partial charge is 0.462 e. The minimum atomic E-state index is -0.667. The van der Waals surface area contributed by atoms with Gasteiger partial charge >= 0.3 is 5.97 Å². The Hall–Kier alpha value is -3.06. The Kier molecular flexibility index (Phi) is 4.92. The van der Waals surface area contributed by atoms with Gasteiger partial charge in [-0.05, 0) is 42.3 Å². The lowest BCUT2D eigenvalue weighted by Gasteiger charge is -2.26. The van der Waals surface area contributed by atoms with Crippen LogP contribution in [0.5, 0.6) is 0 Å². The fourth-order valence-corrected chi connectivity index (χ4v) is 3.21. The summed E-state index contributed by atoms with van der Waals surface area (Å²) in [7, 11) is 0. The minimum Gasteiger partial charge on any atom is -0.462 e. The van der Waals surface area contributed by atoms with Crippen molar-refractivity contribution in [1.29, 1.82) is 0 Å². The van der Waals surface area contributed by atoms with Gasteiger partial charge in [-0.25, -0.2) is 14.2 Å². The number of benzene rings is 1. The molecule has 0 bridgehead atoms. The smallest absolute Gasteiger partial charge is 0.343 e. The average molecular weight is 382 g/mol. The molecule has 0 amide bonds. The van der Waals surface area contributed by atoms with Gasteiger partial charge in [-0.2, -0.15) is 0 Å². The first kappa shape index (κ1) is 18.3. The van der Waals surface area contributed by atoms with Gasteiger partial charge in [0.15, 0.2) is 0 Å². The summed E-state index contributed by atoms with van der Waals surface area (Å²) >= 11 is 0. The molecule has 6 nitrogen and oxygen atoms in total. The Bertz CT molecular complexity index is 1090. The van der Waals surface area contributed by atoms with Crippen LogP contribution in [-0.2, 0) is 16.0 Å².